The van der Waals surface area contributed by atoms with Gasteiger partial charge in [-0.25, -0.2) is 13.6 Å². The Morgan fingerprint density at radius 1 is 1.33 bits per heavy atom. The summed E-state index contributed by atoms with van der Waals surface area (Å²) in [5, 5.41) is 9.93. The largest absolute Gasteiger partial charge is 0.267 e. The van der Waals surface area contributed by atoms with E-state index in [4.69, 9.17) is 28.3 Å². The van der Waals surface area contributed by atoms with Gasteiger partial charge in [-0.2, -0.15) is 5.10 Å². The van der Waals surface area contributed by atoms with Gasteiger partial charge < -0.3 is 0 Å². The van der Waals surface area contributed by atoms with E-state index in [1.807, 2.05) is 0 Å². The van der Waals surface area contributed by atoms with Crippen LogP contribution < -0.4 is 5.14 Å². The predicted octanol–water partition coefficient (Wildman–Crippen LogP) is 1.89. The Balaban J connectivity index is 2.27. The van der Waals surface area contributed by atoms with Gasteiger partial charge in [0.2, 0.25) is 10.0 Å². The van der Waals surface area contributed by atoms with Gasteiger partial charge in [0.1, 0.15) is 4.90 Å². The van der Waals surface area contributed by atoms with E-state index in [2.05, 4.69) is 5.10 Å². The first-order valence-corrected chi connectivity index (χ1v) is 7.15. The normalized spacial score (nSPS) is 11.7. The minimum absolute atomic E-state index is 0.0346. The molecule has 18 heavy (non-hydrogen) atoms. The lowest BCUT2D eigenvalue weighted by molar-refractivity contribution is 0.597. The SMILES string of the molecule is NS(=O)(=O)c1cnn(Cc2ccc(Cl)cc2Cl)c1. The van der Waals surface area contributed by atoms with Gasteiger partial charge in [0.15, 0.2) is 0 Å². The molecule has 0 bridgehead atoms. The smallest absolute Gasteiger partial charge is 0.241 e. The van der Waals surface area contributed by atoms with E-state index in [1.54, 1.807) is 18.2 Å². The standard InChI is InChI=1S/C10H9Cl2N3O2S/c11-8-2-1-7(10(12)3-8)5-15-6-9(4-14-15)18(13,16)17/h1-4,6H,5H2,(H2,13,16,17). The molecule has 8 heteroatoms. The molecular weight excluding hydrogens is 297 g/mol. The number of aromatic nitrogens is 2. The number of rotatable bonds is 3. The van der Waals surface area contributed by atoms with Crippen LogP contribution in [0.15, 0.2) is 35.5 Å². The zero-order valence-electron chi connectivity index (χ0n) is 9.05. The van der Waals surface area contributed by atoms with Crippen LogP contribution in [0.2, 0.25) is 10.0 Å². The summed E-state index contributed by atoms with van der Waals surface area (Å²) in [6, 6.07) is 5.07. The van der Waals surface area contributed by atoms with Gasteiger partial charge in [0.05, 0.1) is 12.7 Å². The van der Waals surface area contributed by atoms with Gasteiger partial charge in [-0.05, 0) is 17.7 Å². The highest BCUT2D eigenvalue weighted by Crippen LogP contribution is 2.21. The number of primary sulfonamides is 1. The van der Waals surface area contributed by atoms with E-state index in [9.17, 15) is 8.42 Å². The quantitative estimate of drug-likeness (QED) is 0.940. The molecule has 5 nitrogen and oxygen atoms in total. The topological polar surface area (TPSA) is 78.0 Å². The Morgan fingerprint density at radius 3 is 2.61 bits per heavy atom. The van der Waals surface area contributed by atoms with E-state index >= 15 is 0 Å². The number of halogens is 2. The molecule has 2 rings (SSSR count). The molecule has 0 saturated carbocycles. The van der Waals surface area contributed by atoms with Crippen LogP contribution in [0.25, 0.3) is 0 Å². The molecule has 2 aromatic rings. The maximum Gasteiger partial charge on any atom is 0.241 e. The van der Waals surface area contributed by atoms with Crippen molar-refractivity contribution in [2.75, 3.05) is 0 Å². The summed E-state index contributed by atoms with van der Waals surface area (Å²) in [5.41, 5.74) is 0.783. The number of sulfonamides is 1. The third-order valence-electron chi connectivity index (χ3n) is 2.29. The zero-order chi connectivity index (χ0) is 13.3. The van der Waals surface area contributed by atoms with Gasteiger partial charge in [-0.3, -0.25) is 4.68 Å². The Kier molecular flexibility index (Phi) is 3.63. The first-order chi connectivity index (χ1) is 8.36. The molecule has 0 saturated heterocycles. The van der Waals surface area contributed by atoms with Crippen LogP contribution in [0.4, 0.5) is 0 Å². The molecule has 0 amide bonds. The van der Waals surface area contributed by atoms with E-state index < -0.39 is 10.0 Å². The highest BCUT2D eigenvalue weighted by molar-refractivity contribution is 7.89. The van der Waals surface area contributed by atoms with E-state index in [1.165, 1.54) is 17.1 Å². The Hall–Kier alpha value is -1.08. The number of nitrogens with two attached hydrogens (primary N) is 1. The van der Waals surface area contributed by atoms with Crippen LogP contribution in [0, 0.1) is 0 Å². The molecule has 0 aliphatic rings. The highest BCUT2D eigenvalue weighted by atomic mass is 35.5. The molecule has 0 aliphatic heterocycles. The second-order valence-corrected chi connectivity index (χ2v) is 6.06. The van der Waals surface area contributed by atoms with Crippen LogP contribution in [-0.2, 0) is 16.6 Å². The summed E-state index contributed by atoms with van der Waals surface area (Å²) in [5.74, 6) is 0. The van der Waals surface area contributed by atoms with Crippen molar-refractivity contribution in [1.29, 1.82) is 0 Å². The Bertz CT molecular complexity index is 682. The Labute approximate surface area is 114 Å². The van der Waals surface area contributed by atoms with Gasteiger partial charge in [-0.15, -0.1) is 0 Å². The minimum atomic E-state index is -3.73. The summed E-state index contributed by atoms with van der Waals surface area (Å²) in [4.78, 5) is -0.0346. The fourth-order valence-electron chi connectivity index (χ4n) is 1.40. The van der Waals surface area contributed by atoms with Gasteiger partial charge in [-0.1, -0.05) is 29.3 Å². The van der Waals surface area contributed by atoms with Crippen LogP contribution in [-0.4, -0.2) is 18.2 Å². The van der Waals surface area contributed by atoms with Crippen molar-refractivity contribution in [3.05, 3.63) is 46.2 Å². The van der Waals surface area contributed by atoms with Crippen molar-refractivity contribution in [1.82, 2.24) is 9.78 Å². The number of nitrogens with zero attached hydrogens (tertiary/aromatic N) is 2. The summed E-state index contributed by atoms with van der Waals surface area (Å²) in [6.07, 6.45) is 2.54. The lowest BCUT2D eigenvalue weighted by atomic mass is 10.2. The van der Waals surface area contributed by atoms with Crippen LogP contribution >= 0.6 is 23.2 Å². The molecule has 1 heterocycles. The van der Waals surface area contributed by atoms with Crippen LogP contribution in [0.3, 0.4) is 0 Å². The molecule has 0 aliphatic carbocycles. The molecule has 0 fully saturated rings. The second-order valence-electron chi connectivity index (χ2n) is 3.65. The molecule has 0 unspecified atom stereocenters. The average Bonchev–Trinajstić information content (AvgIpc) is 2.70. The van der Waals surface area contributed by atoms with Crippen LogP contribution in [0.5, 0.6) is 0 Å². The van der Waals surface area contributed by atoms with Gasteiger partial charge >= 0.3 is 0 Å². The maximum atomic E-state index is 11.1. The monoisotopic (exact) mass is 305 g/mol. The van der Waals surface area contributed by atoms with Crippen molar-refractivity contribution in [2.45, 2.75) is 11.4 Å². The van der Waals surface area contributed by atoms with Gasteiger partial charge in [0, 0.05) is 16.2 Å². The fourth-order valence-corrected chi connectivity index (χ4v) is 2.33. The molecule has 96 valence electrons. The first kappa shape index (κ1) is 13.4. The highest BCUT2D eigenvalue weighted by Gasteiger charge is 2.11. The molecule has 2 N–H and O–H groups in total. The summed E-state index contributed by atoms with van der Waals surface area (Å²) < 4.78 is 23.6. The molecule has 1 aromatic carbocycles. The lowest BCUT2D eigenvalue weighted by Gasteiger charge is -2.04. The third kappa shape index (κ3) is 3.02. The van der Waals surface area contributed by atoms with Crippen molar-refractivity contribution in [2.24, 2.45) is 5.14 Å². The summed E-state index contributed by atoms with van der Waals surface area (Å²) in [6.45, 7) is 0.339. The molecule has 0 radical (unpaired) electrons. The third-order valence-corrected chi connectivity index (χ3v) is 3.74. The molecule has 1 aromatic heterocycles. The minimum Gasteiger partial charge on any atom is -0.267 e. The predicted molar refractivity (Wildman–Crippen MR) is 69.2 cm³/mol. The van der Waals surface area contributed by atoms with Crippen molar-refractivity contribution < 1.29 is 8.42 Å². The number of hydrogen-bond acceptors (Lipinski definition) is 3. The zero-order valence-corrected chi connectivity index (χ0v) is 11.4. The summed E-state index contributed by atoms with van der Waals surface area (Å²) in [7, 11) is -3.73. The number of hydrogen-bond donors (Lipinski definition) is 1. The Morgan fingerprint density at radius 2 is 2.06 bits per heavy atom. The van der Waals surface area contributed by atoms with Crippen molar-refractivity contribution in [3.63, 3.8) is 0 Å². The van der Waals surface area contributed by atoms with Crippen molar-refractivity contribution in [3.8, 4) is 0 Å². The lowest BCUT2D eigenvalue weighted by Crippen LogP contribution is -2.11. The molecule has 0 atom stereocenters. The molecule has 0 spiro atoms. The summed E-state index contributed by atoms with van der Waals surface area (Å²) >= 11 is 11.8. The van der Waals surface area contributed by atoms with E-state index in [0.29, 0.717) is 16.6 Å². The van der Waals surface area contributed by atoms with E-state index in [-0.39, 0.29) is 4.90 Å². The second kappa shape index (κ2) is 4.89. The van der Waals surface area contributed by atoms with Crippen LogP contribution in [0.1, 0.15) is 5.56 Å². The first-order valence-electron chi connectivity index (χ1n) is 4.85. The molecular formula is C10H9Cl2N3O2S. The fraction of sp³-hybridized carbons (Fsp3) is 0.100. The average molecular weight is 306 g/mol. The van der Waals surface area contributed by atoms with Gasteiger partial charge in [0.25, 0.3) is 0 Å². The number of benzene rings is 1. The maximum absolute atomic E-state index is 11.1. The van der Waals surface area contributed by atoms with Crippen molar-refractivity contribution >= 4 is 33.2 Å². The van der Waals surface area contributed by atoms with E-state index in [0.717, 1.165) is 5.56 Å².